The molecule has 2 aromatic carbocycles. The molecule has 0 saturated heterocycles. The highest BCUT2D eigenvalue weighted by Gasteiger charge is 2.23. The first-order chi connectivity index (χ1) is 11.0. The molecule has 1 N–H and O–H groups in total. The predicted octanol–water partition coefficient (Wildman–Crippen LogP) is 3.46. The number of rotatable bonds is 5. The monoisotopic (exact) mass is 443 g/mol. The van der Waals surface area contributed by atoms with Crippen molar-refractivity contribution >= 4 is 46.1 Å². The van der Waals surface area contributed by atoms with Gasteiger partial charge in [0.1, 0.15) is 6.04 Å². The van der Waals surface area contributed by atoms with E-state index in [0.29, 0.717) is 17.0 Å². The average Bonchev–Trinajstić information content (AvgIpc) is 2.55. The van der Waals surface area contributed by atoms with Crippen LogP contribution in [0.25, 0.3) is 0 Å². The van der Waals surface area contributed by atoms with E-state index in [9.17, 15) is 9.59 Å². The van der Waals surface area contributed by atoms with Gasteiger partial charge in [-0.2, -0.15) is 0 Å². The Labute approximate surface area is 153 Å². The molecule has 2 rings (SSSR count). The van der Waals surface area contributed by atoms with Crippen LogP contribution in [-0.4, -0.2) is 25.0 Å². The Morgan fingerprint density at radius 1 is 1.17 bits per heavy atom. The van der Waals surface area contributed by atoms with Crippen molar-refractivity contribution in [2.75, 3.05) is 7.11 Å². The van der Waals surface area contributed by atoms with Crippen LogP contribution < -0.4 is 5.32 Å². The zero-order valence-corrected chi connectivity index (χ0v) is 15.3. The summed E-state index contributed by atoms with van der Waals surface area (Å²) in [6, 6.07) is 13.6. The fourth-order valence-electron chi connectivity index (χ4n) is 2.07. The molecule has 0 spiro atoms. The van der Waals surface area contributed by atoms with Crippen molar-refractivity contribution in [3.63, 3.8) is 0 Å². The maximum Gasteiger partial charge on any atom is 0.328 e. The standard InChI is InChI=1S/C17H15ClINO3/c1-23-17(22)15(10-11-6-8-12(19)9-7-11)20-16(21)13-4-2-3-5-14(13)18/h2-9,15H,10H2,1H3,(H,20,21)/t15-/m1/s1. The number of halogens is 2. The molecule has 0 aliphatic carbocycles. The highest BCUT2D eigenvalue weighted by atomic mass is 127. The van der Waals surface area contributed by atoms with Crippen LogP contribution in [0.2, 0.25) is 5.02 Å². The van der Waals surface area contributed by atoms with Crippen LogP contribution in [0.4, 0.5) is 0 Å². The lowest BCUT2D eigenvalue weighted by atomic mass is 10.1. The fourth-order valence-corrected chi connectivity index (χ4v) is 2.65. The number of hydrogen-bond acceptors (Lipinski definition) is 3. The first-order valence-electron chi connectivity index (χ1n) is 6.89. The van der Waals surface area contributed by atoms with Crippen molar-refractivity contribution in [1.29, 1.82) is 0 Å². The van der Waals surface area contributed by atoms with Gasteiger partial charge < -0.3 is 10.1 Å². The molecule has 0 aliphatic rings. The van der Waals surface area contributed by atoms with E-state index >= 15 is 0 Å². The number of carbonyl (C=O) groups excluding carboxylic acids is 2. The Bertz CT molecular complexity index is 703. The van der Waals surface area contributed by atoms with E-state index in [2.05, 4.69) is 27.9 Å². The summed E-state index contributed by atoms with van der Waals surface area (Å²) >= 11 is 8.22. The molecule has 0 bridgehead atoms. The summed E-state index contributed by atoms with van der Waals surface area (Å²) in [5.41, 5.74) is 1.26. The number of carbonyl (C=O) groups is 2. The number of benzene rings is 2. The summed E-state index contributed by atoms with van der Waals surface area (Å²) in [6.07, 6.45) is 0.347. The van der Waals surface area contributed by atoms with Crippen LogP contribution in [0, 0.1) is 3.57 Å². The molecule has 0 fully saturated rings. The van der Waals surface area contributed by atoms with E-state index < -0.39 is 17.9 Å². The van der Waals surface area contributed by atoms with E-state index in [0.717, 1.165) is 9.13 Å². The van der Waals surface area contributed by atoms with Gasteiger partial charge in [-0.25, -0.2) is 4.79 Å². The van der Waals surface area contributed by atoms with E-state index in [1.54, 1.807) is 24.3 Å². The summed E-state index contributed by atoms with van der Waals surface area (Å²) in [5, 5.41) is 3.02. The highest BCUT2D eigenvalue weighted by molar-refractivity contribution is 14.1. The molecule has 23 heavy (non-hydrogen) atoms. The van der Waals surface area contributed by atoms with Crippen LogP contribution >= 0.6 is 34.2 Å². The van der Waals surface area contributed by atoms with Gasteiger partial charge in [0.05, 0.1) is 17.7 Å². The van der Waals surface area contributed by atoms with Gasteiger partial charge >= 0.3 is 5.97 Å². The first-order valence-corrected chi connectivity index (χ1v) is 8.34. The van der Waals surface area contributed by atoms with E-state index in [-0.39, 0.29) is 0 Å². The van der Waals surface area contributed by atoms with E-state index in [1.165, 1.54) is 7.11 Å². The molecule has 0 unspecified atom stereocenters. The lowest BCUT2D eigenvalue weighted by Crippen LogP contribution is -2.43. The Morgan fingerprint density at radius 3 is 2.43 bits per heavy atom. The number of amides is 1. The topological polar surface area (TPSA) is 55.4 Å². The van der Waals surface area contributed by atoms with Crippen LogP contribution in [0.1, 0.15) is 15.9 Å². The van der Waals surface area contributed by atoms with Gasteiger partial charge in [-0.05, 0) is 52.4 Å². The zero-order valence-electron chi connectivity index (χ0n) is 12.4. The number of nitrogens with one attached hydrogen (secondary N) is 1. The van der Waals surface area contributed by atoms with Crippen molar-refractivity contribution in [1.82, 2.24) is 5.32 Å². The molecule has 120 valence electrons. The molecule has 6 heteroatoms. The summed E-state index contributed by atoms with van der Waals surface area (Å²) < 4.78 is 5.89. The lowest BCUT2D eigenvalue weighted by Gasteiger charge is -2.17. The van der Waals surface area contributed by atoms with Crippen molar-refractivity contribution in [2.24, 2.45) is 0 Å². The molecule has 1 atom stereocenters. The molecular formula is C17H15ClINO3. The second-order valence-electron chi connectivity index (χ2n) is 4.86. The summed E-state index contributed by atoms with van der Waals surface area (Å²) in [5.74, 6) is -0.902. The van der Waals surface area contributed by atoms with Gasteiger partial charge in [0.2, 0.25) is 0 Å². The minimum atomic E-state index is -0.774. The predicted molar refractivity (Wildman–Crippen MR) is 97.6 cm³/mol. The third kappa shape index (κ3) is 4.94. The smallest absolute Gasteiger partial charge is 0.328 e. The molecule has 0 heterocycles. The van der Waals surface area contributed by atoms with Gasteiger partial charge in [-0.1, -0.05) is 35.9 Å². The average molecular weight is 444 g/mol. The maximum absolute atomic E-state index is 12.3. The number of hydrogen-bond donors (Lipinski definition) is 1. The minimum absolute atomic E-state index is 0.325. The van der Waals surface area contributed by atoms with Crippen LogP contribution in [0.5, 0.6) is 0 Å². The lowest BCUT2D eigenvalue weighted by molar-refractivity contribution is -0.142. The molecule has 2 aromatic rings. The van der Waals surface area contributed by atoms with Crippen molar-refractivity contribution in [2.45, 2.75) is 12.5 Å². The van der Waals surface area contributed by atoms with Crippen molar-refractivity contribution in [3.05, 3.63) is 68.3 Å². The summed E-state index contributed by atoms with van der Waals surface area (Å²) in [4.78, 5) is 24.3. The first kappa shape index (κ1) is 17.7. The molecule has 0 aromatic heterocycles. The third-order valence-corrected chi connectivity index (χ3v) is 4.31. The van der Waals surface area contributed by atoms with E-state index in [4.69, 9.17) is 16.3 Å². The second kappa shape index (κ2) is 8.31. The van der Waals surface area contributed by atoms with Crippen molar-refractivity contribution < 1.29 is 14.3 Å². The van der Waals surface area contributed by atoms with Gasteiger partial charge in [0.25, 0.3) is 5.91 Å². The van der Waals surface area contributed by atoms with E-state index in [1.807, 2.05) is 24.3 Å². The molecule has 0 radical (unpaired) electrons. The number of methoxy groups -OCH3 is 1. The van der Waals surface area contributed by atoms with Gasteiger partial charge in [-0.15, -0.1) is 0 Å². The Balaban J connectivity index is 2.15. The number of esters is 1. The molecule has 1 amide bonds. The van der Waals surface area contributed by atoms with Crippen LogP contribution in [-0.2, 0) is 16.0 Å². The van der Waals surface area contributed by atoms with Gasteiger partial charge in [-0.3, -0.25) is 4.79 Å². The second-order valence-corrected chi connectivity index (χ2v) is 6.51. The normalized spacial score (nSPS) is 11.6. The Morgan fingerprint density at radius 2 is 1.83 bits per heavy atom. The minimum Gasteiger partial charge on any atom is -0.467 e. The van der Waals surface area contributed by atoms with Crippen molar-refractivity contribution in [3.8, 4) is 0 Å². The Kier molecular flexibility index (Phi) is 6.41. The zero-order chi connectivity index (χ0) is 16.8. The fraction of sp³-hybridized carbons (Fsp3) is 0.176. The largest absolute Gasteiger partial charge is 0.467 e. The quantitative estimate of drug-likeness (QED) is 0.569. The van der Waals surface area contributed by atoms with Crippen LogP contribution in [0.15, 0.2) is 48.5 Å². The summed E-state index contributed by atoms with van der Waals surface area (Å²) in [6.45, 7) is 0. The third-order valence-electron chi connectivity index (χ3n) is 3.26. The Hall–Kier alpha value is -1.60. The SMILES string of the molecule is COC(=O)[C@@H](Cc1ccc(I)cc1)NC(=O)c1ccccc1Cl. The highest BCUT2D eigenvalue weighted by Crippen LogP contribution is 2.15. The number of ether oxygens (including phenoxy) is 1. The van der Waals surface area contributed by atoms with Crippen LogP contribution in [0.3, 0.4) is 0 Å². The summed E-state index contributed by atoms with van der Waals surface area (Å²) in [7, 11) is 1.30. The molecular weight excluding hydrogens is 429 g/mol. The maximum atomic E-state index is 12.3. The molecule has 0 saturated carbocycles. The molecule has 0 aliphatic heterocycles. The molecule has 4 nitrogen and oxygen atoms in total. The van der Waals surface area contributed by atoms with Gasteiger partial charge in [0, 0.05) is 9.99 Å². The van der Waals surface area contributed by atoms with Gasteiger partial charge in [0.15, 0.2) is 0 Å².